The molecule has 2 atom stereocenters. The summed E-state index contributed by atoms with van der Waals surface area (Å²) in [5.41, 5.74) is 0. The van der Waals surface area contributed by atoms with Crippen molar-refractivity contribution in [2.45, 2.75) is 53.4 Å². The summed E-state index contributed by atoms with van der Waals surface area (Å²) in [5.74, 6) is 1.14. The lowest BCUT2D eigenvalue weighted by Crippen LogP contribution is -2.15. The van der Waals surface area contributed by atoms with Gasteiger partial charge in [0.2, 0.25) is 0 Å². The zero-order valence-electron chi connectivity index (χ0n) is 14.9. The molecule has 0 amide bonds. The number of carbonyl (C=O) groups excluding carboxylic acids is 2. The lowest BCUT2D eigenvalue weighted by atomic mass is 9.87. The zero-order chi connectivity index (χ0) is 17.1. The molecular weight excluding hydrogens is 280 g/mol. The lowest BCUT2D eigenvalue weighted by molar-refractivity contribution is -0.143. The maximum Gasteiger partial charge on any atom is 0.305 e. The summed E-state index contributed by atoms with van der Waals surface area (Å²) in [5, 5.41) is 0. The van der Waals surface area contributed by atoms with Crippen LogP contribution in [0.15, 0.2) is 12.2 Å². The molecule has 22 heavy (non-hydrogen) atoms. The molecule has 0 saturated heterocycles. The van der Waals surface area contributed by atoms with E-state index in [4.69, 9.17) is 9.47 Å². The second-order valence-electron chi connectivity index (χ2n) is 6.51. The molecule has 128 valence electrons. The highest BCUT2D eigenvalue weighted by Crippen LogP contribution is 2.23. The van der Waals surface area contributed by atoms with Crippen LogP contribution in [0.25, 0.3) is 0 Å². The van der Waals surface area contributed by atoms with E-state index in [0.29, 0.717) is 36.5 Å². The molecule has 0 fully saturated rings. The van der Waals surface area contributed by atoms with Crippen LogP contribution in [0.2, 0.25) is 0 Å². The van der Waals surface area contributed by atoms with Gasteiger partial charge in [0.1, 0.15) is 0 Å². The number of rotatable bonds is 10. The van der Waals surface area contributed by atoms with Gasteiger partial charge in [0.05, 0.1) is 14.2 Å². The monoisotopic (exact) mass is 312 g/mol. The van der Waals surface area contributed by atoms with Crippen molar-refractivity contribution < 1.29 is 19.1 Å². The van der Waals surface area contributed by atoms with Gasteiger partial charge in [-0.15, -0.1) is 0 Å². The van der Waals surface area contributed by atoms with Gasteiger partial charge < -0.3 is 9.47 Å². The molecule has 4 nitrogen and oxygen atoms in total. The van der Waals surface area contributed by atoms with Gasteiger partial charge in [0.25, 0.3) is 0 Å². The molecule has 0 unspecified atom stereocenters. The van der Waals surface area contributed by atoms with E-state index in [2.05, 4.69) is 39.8 Å². The van der Waals surface area contributed by atoms with Crippen LogP contribution in [0.1, 0.15) is 53.4 Å². The summed E-state index contributed by atoms with van der Waals surface area (Å²) in [7, 11) is 2.85. The Kier molecular flexibility index (Phi) is 10.6. The second-order valence-corrected chi connectivity index (χ2v) is 6.51. The van der Waals surface area contributed by atoms with Gasteiger partial charge in [-0.2, -0.15) is 0 Å². The first-order chi connectivity index (χ1) is 10.3. The first kappa shape index (κ1) is 20.7. The van der Waals surface area contributed by atoms with E-state index in [-0.39, 0.29) is 11.9 Å². The van der Waals surface area contributed by atoms with Crippen molar-refractivity contribution in [3.05, 3.63) is 12.2 Å². The van der Waals surface area contributed by atoms with Crippen molar-refractivity contribution in [2.24, 2.45) is 23.7 Å². The van der Waals surface area contributed by atoms with E-state index in [1.807, 2.05) is 0 Å². The summed E-state index contributed by atoms with van der Waals surface area (Å²) in [4.78, 5) is 22.8. The quantitative estimate of drug-likeness (QED) is 0.452. The standard InChI is InChI=1S/C18H32O4/c1-13(2)15(11-17(19)21-5)9-7-8-10-16(14(3)4)12-18(20)22-6/h7-8,13-16H,9-12H2,1-6H3/b8-7+/t15-,16-/m0/s1. The molecule has 0 aliphatic rings. The number of allylic oxidation sites excluding steroid dienone is 2. The Morgan fingerprint density at radius 2 is 1.09 bits per heavy atom. The molecule has 0 aromatic carbocycles. The third-order valence-corrected chi connectivity index (χ3v) is 4.24. The molecule has 0 aromatic rings. The van der Waals surface area contributed by atoms with Gasteiger partial charge in [0, 0.05) is 12.8 Å². The van der Waals surface area contributed by atoms with Crippen molar-refractivity contribution in [1.29, 1.82) is 0 Å². The largest absolute Gasteiger partial charge is 0.469 e. The summed E-state index contributed by atoms with van der Waals surface area (Å²) in [6.45, 7) is 8.48. The number of carbonyl (C=O) groups is 2. The van der Waals surface area contributed by atoms with Crippen molar-refractivity contribution in [2.75, 3.05) is 14.2 Å². The number of methoxy groups -OCH3 is 2. The molecule has 0 aliphatic carbocycles. The fourth-order valence-electron chi connectivity index (χ4n) is 2.32. The molecule has 4 heteroatoms. The van der Waals surface area contributed by atoms with Crippen LogP contribution in [-0.4, -0.2) is 26.2 Å². The molecule has 0 heterocycles. The van der Waals surface area contributed by atoms with Crippen LogP contribution in [0.5, 0.6) is 0 Å². The van der Waals surface area contributed by atoms with Crippen molar-refractivity contribution in [3.63, 3.8) is 0 Å². The minimum absolute atomic E-state index is 0.155. The number of hydrogen-bond donors (Lipinski definition) is 0. The zero-order valence-corrected chi connectivity index (χ0v) is 14.9. The van der Waals surface area contributed by atoms with Crippen LogP contribution < -0.4 is 0 Å². The van der Waals surface area contributed by atoms with E-state index in [0.717, 1.165) is 12.8 Å². The van der Waals surface area contributed by atoms with Crippen molar-refractivity contribution in [3.8, 4) is 0 Å². The van der Waals surface area contributed by atoms with Crippen LogP contribution in [0.3, 0.4) is 0 Å². The third kappa shape index (κ3) is 8.85. The van der Waals surface area contributed by atoms with Gasteiger partial charge in [0.15, 0.2) is 0 Å². The Bertz CT molecular complexity index is 324. The number of esters is 2. The number of ether oxygens (including phenoxy) is 2. The second kappa shape index (κ2) is 11.3. The molecule has 0 N–H and O–H groups in total. The maximum atomic E-state index is 11.4. The molecule has 0 bridgehead atoms. The van der Waals surface area contributed by atoms with Crippen LogP contribution in [0, 0.1) is 23.7 Å². The smallest absolute Gasteiger partial charge is 0.305 e. The first-order valence-corrected chi connectivity index (χ1v) is 8.10. The molecule has 0 spiro atoms. The predicted octanol–water partition coefficient (Wildman–Crippen LogP) is 3.99. The summed E-state index contributed by atoms with van der Waals surface area (Å²) < 4.78 is 9.50. The van der Waals surface area contributed by atoms with Crippen LogP contribution in [-0.2, 0) is 19.1 Å². The average molecular weight is 312 g/mol. The Balaban J connectivity index is 4.42. The summed E-state index contributed by atoms with van der Waals surface area (Å²) in [6.07, 6.45) is 6.87. The first-order valence-electron chi connectivity index (χ1n) is 8.10. The van der Waals surface area contributed by atoms with Gasteiger partial charge in [-0.3, -0.25) is 9.59 Å². The fraction of sp³-hybridized carbons (Fsp3) is 0.778. The van der Waals surface area contributed by atoms with E-state index in [1.165, 1.54) is 14.2 Å². The van der Waals surface area contributed by atoms with E-state index in [1.54, 1.807) is 0 Å². The number of hydrogen-bond acceptors (Lipinski definition) is 4. The molecule has 0 aromatic heterocycles. The van der Waals surface area contributed by atoms with Crippen LogP contribution in [0.4, 0.5) is 0 Å². The normalized spacial score (nSPS) is 14.4. The Morgan fingerprint density at radius 3 is 1.32 bits per heavy atom. The SMILES string of the molecule is COC(=O)C[C@H](C/C=C/C[C@@H](CC(=O)OC)C(C)C)C(C)C. The molecule has 0 rings (SSSR count). The summed E-state index contributed by atoms with van der Waals surface area (Å²) >= 11 is 0. The minimum atomic E-state index is -0.155. The molecule has 0 saturated carbocycles. The summed E-state index contributed by atoms with van der Waals surface area (Å²) in [6, 6.07) is 0. The molecular formula is C18H32O4. The highest BCUT2D eigenvalue weighted by Gasteiger charge is 2.18. The Hall–Kier alpha value is -1.32. The Labute approximate surface area is 135 Å². The lowest BCUT2D eigenvalue weighted by Gasteiger charge is -2.19. The molecule has 0 radical (unpaired) electrons. The predicted molar refractivity (Wildman–Crippen MR) is 88.3 cm³/mol. The van der Waals surface area contributed by atoms with E-state index >= 15 is 0 Å². The highest BCUT2D eigenvalue weighted by molar-refractivity contribution is 5.69. The maximum absolute atomic E-state index is 11.4. The average Bonchev–Trinajstić information content (AvgIpc) is 2.47. The van der Waals surface area contributed by atoms with Crippen molar-refractivity contribution in [1.82, 2.24) is 0 Å². The van der Waals surface area contributed by atoms with Crippen molar-refractivity contribution >= 4 is 11.9 Å². The molecule has 0 aliphatic heterocycles. The fourth-order valence-corrected chi connectivity index (χ4v) is 2.32. The van der Waals surface area contributed by atoms with E-state index in [9.17, 15) is 9.59 Å². The van der Waals surface area contributed by atoms with Gasteiger partial charge >= 0.3 is 11.9 Å². The Morgan fingerprint density at radius 1 is 0.773 bits per heavy atom. The van der Waals surface area contributed by atoms with Crippen LogP contribution >= 0.6 is 0 Å². The van der Waals surface area contributed by atoms with Gasteiger partial charge in [-0.25, -0.2) is 0 Å². The minimum Gasteiger partial charge on any atom is -0.469 e. The van der Waals surface area contributed by atoms with Gasteiger partial charge in [-0.1, -0.05) is 39.8 Å². The van der Waals surface area contributed by atoms with E-state index < -0.39 is 0 Å². The highest BCUT2D eigenvalue weighted by atomic mass is 16.5. The van der Waals surface area contributed by atoms with Gasteiger partial charge in [-0.05, 0) is 36.5 Å². The third-order valence-electron chi connectivity index (χ3n) is 4.24. The topological polar surface area (TPSA) is 52.6 Å².